The van der Waals surface area contributed by atoms with Gasteiger partial charge >= 0.3 is 6.18 Å². The zero-order valence-corrected chi connectivity index (χ0v) is 22.2. The van der Waals surface area contributed by atoms with Crippen molar-refractivity contribution in [3.8, 4) is 11.5 Å². The van der Waals surface area contributed by atoms with Crippen molar-refractivity contribution >= 4 is 40.9 Å². The van der Waals surface area contributed by atoms with Crippen molar-refractivity contribution in [2.75, 3.05) is 50.7 Å². The maximum Gasteiger partial charge on any atom is 0.416 e. The van der Waals surface area contributed by atoms with Crippen LogP contribution in [0.5, 0.6) is 11.5 Å². The Labute approximate surface area is 233 Å². The largest absolute Gasteiger partial charge is 0.456 e. The third-order valence-electron chi connectivity index (χ3n) is 5.73. The number of carbonyl (C=O) groups excluding carboxylic acids is 1. The Balaban J connectivity index is 1.47. The van der Waals surface area contributed by atoms with Gasteiger partial charge in [-0.25, -0.2) is 9.97 Å². The van der Waals surface area contributed by atoms with Crippen LogP contribution < -0.4 is 20.7 Å². The number of halogens is 4. The smallest absolute Gasteiger partial charge is 0.416 e. The molecule has 212 valence electrons. The number of ether oxygens (including phenoxy) is 3. The Morgan fingerprint density at radius 3 is 2.75 bits per heavy atom. The number of benzene rings is 2. The lowest BCUT2D eigenvalue weighted by molar-refractivity contribution is -0.137. The van der Waals surface area contributed by atoms with Crippen molar-refractivity contribution < 1.29 is 32.2 Å². The monoisotopic (exact) mass is 577 g/mol. The van der Waals surface area contributed by atoms with E-state index in [1.807, 2.05) is 0 Å². The average molecular weight is 578 g/mol. The van der Waals surface area contributed by atoms with Crippen LogP contribution in [0, 0.1) is 0 Å². The van der Waals surface area contributed by atoms with Crippen molar-refractivity contribution in [1.82, 2.24) is 15.3 Å². The molecule has 0 saturated carbocycles. The Bertz CT molecular complexity index is 1370. The first-order chi connectivity index (χ1) is 19.2. The van der Waals surface area contributed by atoms with Crippen LogP contribution in [0.25, 0.3) is 6.08 Å². The number of fused-ring (bicyclic) bond motifs is 1. The second-order valence-electron chi connectivity index (χ2n) is 8.59. The van der Waals surface area contributed by atoms with Gasteiger partial charge in [-0.3, -0.25) is 4.79 Å². The van der Waals surface area contributed by atoms with Crippen LogP contribution in [0.4, 0.5) is 30.5 Å². The Morgan fingerprint density at radius 2 is 1.98 bits per heavy atom. The Kier molecular flexibility index (Phi) is 9.80. The minimum Gasteiger partial charge on any atom is -0.456 e. The molecule has 1 aromatic heterocycles. The van der Waals surface area contributed by atoms with Gasteiger partial charge in [-0.15, -0.1) is 0 Å². The Hall–Kier alpha value is -3.87. The fraction of sp³-hybridized carbons (Fsp3) is 0.296. The fourth-order valence-electron chi connectivity index (χ4n) is 3.77. The van der Waals surface area contributed by atoms with Crippen molar-refractivity contribution in [3.05, 3.63) is 70.5 Å². The van der Waals surface area contributed by atoms with Crippen molar-refractivity contribution in [3.63, 3.8) is 0 Å². The number of nitrogens with zero attached hydrogens (tertiary/aromatic N) is 2. The van der Waals surface area contributed by atoms with E-state index in [0.29, 0.717) is 67.8 Å². The number of alkyl halides is 3. The van der Waals surface area contributed by atoms with Gasteiger partial charge in [-0.2, -0.15) is 13.2 Å². The zero-order valence-electron chi connectivity index (χ0n) is 21.5. The first-order valence-electron chi connectivity index (χ1n) is 12.3. The number of hydrogen-bond acceptors (Lipinski definition) is 8. The van der Waals surface area contributed by atoms with E-state index in [0.717, 1.165) is 12.1 Å². The molecule has 0 radical (unpaired) electrons. The molecule has 9 nitrogen and oxygen atoms in total. The van der Waals surface area contributed by atoms with E-state index in [-0.39, 0.29) is 22.4 Å². The van der Waals surface area contributed by atoms with Gasteiger partial charge in [-0.05, 0) is 48.9 Å². The lowest BCUT2D eigenvalue weighted by Gasteiger charge is -2.14. The van der Waals surface area contributed by atoms with Crippen LogP contribution in [0.1, 0.15) is 17.5 Å². The highest BCUT2D eigenvalue weighted by molar-refractivity contribution is 6.32. The first-order valence-corrected chi connectivity index (χ1v) is 12.7. The molecule has 0 bridgehead atoms. The van der Waals surface area contributed by atoms with Gasteiger partial charge in [0.05, 0.1) is 36.0 Å². The van der Waals surface area contributed by atoms with Crippen LogP contribution in [-0.2, 0) is 20.4 Å². The van der Waals surface area contributed by atoms with Gasteiger partial charge in [0.25, 0.3) is 0 Å². The number of nitrogens with one attached hydrogen (secondary N) is 3. The highest BCUT2D eigenvalue weighted by Crippen LogP contribution is 2.36. The van der Waals surface area contributed by atoms with Crippen LogP contribution in [0.15, 0.2) is 54.4 Å². The number of aromatic nitrogens is 2. The van der Waals surface area contributed by atoms with E-state index >= 15 is 0 Å². The minimum absolute atomic E-state index is 0.00195. The summed E-state index contributed by atoms with van der Waals surface area (Å²) in [4.78, 5) is 21.4. The third kappa shape index (κ3) is 7.84. The van der Waals surface area contributed by atoms with Gasteiger partial charge in [0.2, 0.25) is 5.91 Å². The molecule has 1 amide bonds. The van der Waals surface area contributed by atoms with Crippen LogP contribution in [0.2, 0.25) is 5.02 Å². The molecule has 4 rings (SSSR count). The van der Waals surface area contributed by atoms with E-state index < -0.39 is 11.7 Å². The lowest BCUT2D eigenvalue weighted by atomic mass is 10.1. The number of rotatable bonds is 11. The topological polar surface area (TPSA) is 107 Å². The van der Waals surface area contributed by atoms with Crippen LogP contribution >= 0.6 is 11.6 Å². The number of amides is 1. The summed E-state index contributed by atoms with van der Waals surface area (Å²) in [7, 11) is 1.59. The first kappa shape index (κ1) is 29.1. The molecule has 40 heavy (non-hydrogen) atoms. The fourth-order valence-corrected chi connectivity index (χ4v) is 3.99. The van der Waals surface area contributed by atoms with Gasteiger partial charge in [-0.1, -0.05) is 17.7 Å². The number of hydrogen-bond donors (Lipinski definition) is 3. The second-order valence-corrected chi connectivity index (χ2v) is 9.00. The molecule has 3 aromatic rings. The number of carbonyl (C=O) groups is 1. The molecule has 0 fully saturated rings. The summed E-state index contributed by atoms with van der Waals surface area (Å²) < 4.78 is 55.0. The molecular formula is C27H27ClF3N5O4. The van der Waals surface area contributed by atoms with E-state index in [1.54, 1.807) is 25.3 Å². The highest BCUT2D eigenvalue weighted by Gasteiger charge is 2.30. The molecule has 0 unspecified atom stereocenters. The number of anilines is 3. The van der Waals surface area contributed by atoms with E-state index in [2.05, 4.69) is 25.9 Å². The normalized spacial score (nSPS) is 13.0. The molecule has 2 aromatic carbocycles. The minimum atomic E-state index is -4.49. The highest BCUT2D eigenvalue weighted by atomic mass is 35.5. The van der Waals surface area contributed by atoms with E-state index in [1.165, 1.54) is 24.5 Å². The summed E-state index contributed by atoms with van der Waals surface area (Å²) in [6.07, 6.45) is -0.906. The maximum absolute atomic E-state index is 13.0. The van der Waals surface area contributed by atoms with Gasteiger partial charge in [0.1, 0.15) is 29.5 Å². The van der Waals surface area contributed by atoms with Crippen LogP contribution in [0.3, 0.4) is 0 Å². The maximum atomic E-state index is 13.0. The molecule has 1 aliphatic heterocycles. The summed E-state index contributed by atoms with van der Waals surface area (Å²) in [5.41, 5.74) is 0.846. The number of methoxy groups -OCH3 is 1. The molecule has 0 aliphatic carbocycles. The quantitative estimate of drug-likeness (QED) is 0.251. The predicted octanol–water partition coefficient (Wildman–Crippen LogP) is 5.66. The summed E-state index contributed by atoms with van der Waals surface area (Å²) in [5, 5.41) is 9.38. The average Bonchev–Trinajstić information content (AvgIpc) is 3.15. The summed E-state index contributed by atoms with van der Waals surface area (Å²) in [6, 6.07) is 9.28. The standard InChI is InChI=1S/C27H27ClF3N5O4/c1-38-11-12-39-10-9-33-26(37)17-7-8-32-24-21(13-17)25(35-16-34-24)36-19-5-6-23(22(28)15-19)40-20-4-2-3-18(14-20)27(29,30)31/h2-6,13-16H,7-12H2,1H3,(H,33,37)(H2,32,34,35,36). The SMILES string of the molecule is COCCOCCNC(=O)C1=Cc2c(ncnc2Nc2ccc(Oc3cccc(C(F)(F)F)c3)c(Cl)c2)NCC1. The lowest BCUT2D eigenvalue weighted by Crippen LogP contribution is -2.29. The molecular weight excluding hydrogens is 551 g/mol. The van der Waals surface area contributed by atoms with Gasteiger partial charge < -0.3 is 30.2 Å². The summed E-state index contributed by atoms with van der Waals surface area (Å²) >= 11 is 6.38. The molecule has 0 spiro atoms. The van der Waals surface area contributed by atoms with E-state index in [9.17, 15) is 18.0 Å². The van der Waals surface area contributed by atoms with Crippen LogP contribution in [-0.4, -0.2) is 55.9 Å². The van der Waals surface area contributed by atoms with Gasteiger partial charge in [0, 0.05) is 31.5 Å². The van der Waals surface area contributed by atoms with Crippen molar-refractivity contribution in [2.24, 2.45) is 0 Å². The third-order valence-corrected chi connectivity index (χ3v) is 6.02. The molecule has 13 heteroatoms. The summed E-state index contributed by atoms with van der Waals surface area (Å²) in [5.74, 6) is 0.940. The molecule has 1 aliphatic rings. The molecule has 3 N–H and O–H groups in total. The molecule has 0 saturated heterocycles. The zero-order chi connectivity index (χ0) is 28.5. The van der Waals surface area contributed by atoms with Gasteiger partial charge in [0.15, 0.2) is 0 Å². The predicted molar refractivity (Wildman–Crippen MR) is 145 cm³/mol. The van der Waals surface area contributed by atoms with Crippen molar-refractivity contribution in [1.29, 1.82) is 0 Å². The molecule has 2 heterocycles. The van der Waals surface area contributed by atoms with Crippen molar-refractivity contribution in [2.45, 2.75) is 12.6 Å². The van der Waals surface area contributed by atoms with E-state index in [4.69, 9.17) is 25.8 Å². The summed E-state index contributed by atoms with van der Waals surface area (Å²) in [6.45, 7) is 2.14. The second kappa shape index (κ2) is 13.5. The Morgan fingerprint density at radius 1 is 1.12 bits per heavy atom. The molecule has 0 atom stereocenters.